The van der Waals surface area contributed by atoms with Crippen molar-refractivity contribution in [2.45, 2.75) is 4.90 Å². The van der Waals surface area contributed by atoms with Crippen molar-refractivity contribution < 1.29 is 8.42 Å². The van der Waals surface area contributed by atoms with E-state index in [4.69, 9.17) is 5.14 Å². The first-order chi connectivity index (χ1) is 6.57. The van der Waals surface area contributed by atoms with Crippen LogP contribution >= 0.6 is 0 Å². The third kappa shape index (κ3) is 1.61. The summed E-state index contributed by atoms with van der Waals surface area (Å²) in [6, 6.07) is 4.57. The quantitative estimate of drug-likeness (QED) is 0.707. The van der Waals surface area contributed by atoms with Gasteiger partial charge in [0.25, 0.3) is 0 Å². The number of benzene rings is 1. The standard InChI is InChI=1S/C8H9N3O2S/c9-14(12,13)6-1-2-7-8(5-6)11-4-3-10-7/h1-2,4-5,10H,3H2,(H2,9,12,13). The van der Waals surface area contributed by atoms with Gasteiger partial charge in [-0.25, -0.2) is 13.6 Å². The van der Waals surface area contributed by atoms with Crippen LogP contribution in [0.15, 0.2) is 28.1 Å². The number of nitrogens with zero attached hydrogens (tertiary/aromatic N) is 1. The summed E-state index contributed by atoms with van der Waals surface area (Å²) in [4.78, 5) is 4.14. The molecule has 1 aromatic carbocycles. The maximum atomic E-state index is 11.0. The van der Waals surface area contributed by atoms with Crippen molar-refractivity contribution in [3.05, 3.63) is 18.2 Å². The fourth-order valence-electron chi connectivity index (χ4n) is 1.24. The van der Waals surface area contributed by atoms with E-state index >= 15 is 0 Å². The number of hydrogen-bond donors (Lipinski definition) is 2. The summed E-state index contributed by atoms with van der Waals surface area (Å²) >= 11 is 0. The molecule has 1 aliphatic heterocycles. The molecule has 74 valence electrons. The summed E-state index contributed by atoms with van der Waals surface area (Å²) < 4.78 is 22.0. The first kappa shape index (κ1) is 9.17. The Morgan fingerprint density at radius 3 is 2.93 bits per heavy atom. The number of hydrogen-bond acceptors (Lipinski definition) is 4. The Hall–Kier alpha value is -1.40. The molecule has 0 spiro atoms. The third-order valence-corrected chi connectivity index (χ3v) is 2.82. The molecule has 2 rings (SSSR count). The van der Waals surface area contributed by atoms with Crippen molar-refractivity contribution in [1.82, 2.24) is 0 Å². The molecule has 1 aliphatic rings. The van der Waals surface area contributed by atoms with Crippen LogP contribution in [0, 0.1) is 0 Å². The van der Waals surface area contributed by atoms with E-state index in [9.17, 15) is 8.42 Å². The lowest BCUT2D eigenvalue weighted by Crippen LogP contribution is -2.13. The Balaban J connectivity index is 2.56. The second kappa shape index (κ2) is 3.07. The van der Waals surface area contributed by atoms with Crippen LogP contribution in [0.4, 0.5) is 11.4 Å². The van der Waals surface area contributed by atoms with E-state index in [2.05, 4.69) is 10.3 Å². The molecule has 0 bridgehead atoms. The van der Waals surface area contributed by atoms with E-state index in [1.807, 2.05) is 0 Å². The Morgan fingerprint density at radius 1 is 1.43 bits per heavy atom. The minimum Gasteiger partial charge on any atom is -0.378 e. The normalized spacial score (nSPS) is 14.6. The molecule has 1 heterocycles. The summed E-state index contributed by atoms with van der Waals surface area (Å²) in [6.07, 6.45) is 1.68. The van der Waals surface area contributed by atoms with Crippen molar-refractivity contribution in [3.8, 4) is 0 Å². The SMILES string of the molecule is NS(=O)(=O)c1ccc2c(c1)N=CCN2. The smallest absolute Gasteiger partial charge is 0.238 e. The van der Waals surface area contributed by atoms with Gasteiger partial charge < -0.3 is 5.32 Å². The average Bonchev–Trinajstić information content (AvgIpc) is 2.16. The summed E-state index contributed by atoms with van der Waals surface area (Å²) in [5, 5.41) is 8.05. The first-order valence-corrected chi connectivity index (χ1v) is 5.55. The molecule has 0 atom stereocenters. The molecular formula is C8H9N3O2S. The fraction of sp³-hybridized carbons (Fsp3) is 0.125. The highest BCUT2D eigenvalue weighted by molar-refractivity contribution is 7.89. The minimum absolute atomic E-state index is 0.0806. The highest BCUT2D eigenvalue weighted by atomic mass is 32.2. The van der Waals surface area contributed by atoms with Crippen molar-refractivity contribution >= 4 is 27.6 Å². The zero-order valence-corrected chi connectivity index (χ0v) is 8.08. The molecule has 0 unspecified atom stereocenters. The number of anilines is 1. The van der Waals surface area contributed by atoms with Crippen LogP contribution in [0.25, 0.3) is 0 Å². The zero-order chi connectivity index (χ0) is 10.2. The predicted octanol–water partition coefficient (Wildman–Crippen LogP) is 0.462. The van der Waals surface area contributed by atoms with Crippen molar-refractivity contribution in [2.24, 2.45) is 10.1 Å². The summed E-state index contributed by atoms with van der Waals surface area (Å²) in [5.41, 5.74) is 1.42. The minimum atomic E-state index is -3.64. The van der Waals surface area contributed by atoms with Gasteiger partial charge in [0.05, 0.1) is 22.8 Å². The van der Waals surface area contributed by atoms with Crippen molar-refractivity contribution in [1.29, 1.82) is 0 Å². The molecule has 0 amide bonds. The molecular weight excluding hydrogens is 202 g/mol. The fourth-order valence-corrected chi connectivity index (χ4v) is 1.78. The lowest BCUT2D eigenvalue weighted by molar-refractivity contribution is 0.598. The van der Waals surface area contributed by atoms with E-state index in [1.165, 1.54) is 12.1 Å². The molecule has 0 fully saturated rings. The second-order valence-electron chi connectivity index (χ2n) is 2.92. The van der Waals surface area contributed by atoms with Gasteiger partial charge in [-0.3, -0.25) is 4.99 Å². The van der Waals surface area contributed by atoms with Crippen LogP contribution in [0.5, 0.6) is 0 Å². The molecule has 0 radical (unpaired) electrons. The topological polar surface area (TPSA) is 84.6 Å². The van der Waals surface area contributed by atoms with Crippen LogP contribution < -0.4 is 10.5 Å². The Bertz CT molecular complexity index is 493. The number of nitrogens with one attached hydrogen (secondary N) is 1. The van der Waals surface area contributed by atoms with Crippen LogP contribution in [0.3, 0.4) is 0 Å². The maximum Gasteiger partial charge on any atom is 0.238 e. The van der Waals surface area contributed by atoms with Gasteiger partial charge >= 0.3 is 0 Å². The zero-order valence-electron chi connectivity index (χ0n) is 7.27. The number of aliphatic imine (C=N–C) groups is 1. The van der Waals surface area contributed by atoms with Gasteiger partial charge in [0.1, 0.15) is 0 Å². The van der Waals surface area contributed by atoms with E-state index in [1.54, 1.807) is 12.3 Å². The van der Waals surface area contributed by atoms with Crippen molar-refractivity contribution in [3.63, 3.8) is 0 Å². The average molecular weight is 211 g/mol. The summed E-state index contributed by atoms with van der Waals surface area (Å²) in [6.45, 7) is 0.654. The van der Waals surface area contributed by atoms with Gasteiger partial charge in [-0.2, -0.15) is 0 Å². The number of nitrogens with two attached hydrogens (primary N) is 1. The van der Waals surface area contributed by atoms with Gasteiger partial charge in [0, 0.05) is 6.21 Å². The summed E-state index contributed by atoms with van der Waals surface area (Å²) in [7, 11) is -3.64. The number of sulfonamides is 1. The van der Waals surface area contributed by atoms with Gasteiger partial charge in [-0.1, -0.05) is 0 Å². The van der Waals surface area contributed by atoms with E-state index in [0.29, 0.717) is 12.2 Å². The maximum absolute atomic E-state index is 11.0. The molecule has 5 nitrogen and oxygen atoms in total. The van der Waals surface area contributed by atoms with E-state index < -0.39 is 10.0 Å². The van der Waals surface area contributed by atoms with E-state index in [0.717, 1.165) is 5.69 Å². The molecule has 0 saturated heterocycles. The highest BCUT2D eigenvalue weighted by Gasteiger charge is 2.11. The number of primary sulfonamides is 1. The number of fused-ring (bicyclic) bond motifs is 1. The van der Waals surface area contributed by atoms with Crippen LogP contribution in [-0.2, 0) is 10.0 Å². The summed E-state index contributed by atoms with van der Waals surface area (Å²) in [5.74, 6) is 0. The molecule has 0 saturated carbocycles. The molecule has 6 heteroatoms. The number of rotatable bonds is 1. The van der Waals surface area contributed by atoms with Crippen LogP contribution in [0.1, 0.15) is 0 Å². The lowest BCUT2D eigenvalue weighted by atomic mass is 10.2. The molecule has 14 heavy (non-hydrogen) atoms. The molecule has 0 aliphatic carbocycles. The van der Waals surface area contributed by atoms with Crippen molar-refractivity contribution in [2.75, 3.05) is 11.9 Å². The van der Waals surface area contributed by atoms with E-state index in [-0.39, 0.29) is 4.90 Å². The Kier molecular flexibility index (Phi) is 2.01. The molecule has 0 aromatic heterocycles. The van der Waals surface area contributed by atoms with Gasteiger partial charge in [-0.15, -0.1) is 0 Å². The first-order valence-electron chi connectivity index (χ1n) is 4.00. The van der Waals surface area contributed by atoms with Gasteiger partial charge in [0.15, 0.2) is 0 Å². The van der Waals surface area contributed by atoms with Gasteiger partial charge in [-0.05, 0) is 18.2 Å². The second-order valence-corrected chi connectivity index (χ2v) is 4.48. The predicted molar refractivity (Wildman–Crippen MR) is 54.5 cm³/mol. The molecule has 1 aromatic rings. The van der Waals surface area contributed by atoms with Gasteiger partial charge in [0.2, 0.25) is 10.0 Å². The highest BCUT2D eigenvalue weighted by Crippen LogP contribution is 2.28. The van der Waals surface area contributed by atoms with Crippen LogP contribution in [0.2, 0.25) is 0 Å². The Labute approximate surface area is 81.7 Å². The third-order valence-electron chi connectivity index (χ3n) is 1.91. The van der Waals surface area contributed by atoms with Crippen LogP contribution in [-0.4, -0.2) is 21.2 Å². The largest absolute Gasteiger partial charge is 0.378 e. The Morgan fingerprint density at radius 2 is 2.21 bits per heavy atom. The molecule has 3 N–H and O–H groups in total. The lowest BCUT2D eigenvalue weighted by Gasteiger charge is -2.12. The monoisotopic (exact) mass is 211 g/mol.